The van der Waals surface area contributed by atoms with Crippen LogP contribution < -0.4 is 0 Å². The van der Waals surface area contributed by atoms with Crippen molar-refractivity contribution in [2.75, 3.05) is 13.2 Å². The smallest absolute Gasteiger partial charge is 0.373 e. The highest BCUT2D eigenvalue weighted by Crippen LogP contribution is 2.32. The second-order valence-electron chi connectivity index (χ2n) is 3.67. The summed E-state index contributed by atoms with van der Waals surface area (Å²) in [4.78, 5) is 11.7. The van der Waals surface area contributed by atoms with Crippen molar-refractivity contribution < 1.29 is 22.7 Å². The van der Waals surface area contributed by atoms with Crippen LogP contribution in [0.4, 0.5) is 13.2 Å². The van der Waals surface area contributed by atoms with Crippen molar-refractivity contribution in [3.8, 4) is 0 Å². The summed E-state index contributed by atoms with van der Waals surface area (Å²) in [6.07, 6.45) is -3.71. The molecule has 0 saturated carbocycles. The van der Waals surface area contributed by atoms with Crippen LogP contribution in [0.5, 0.6) is 0 Å². The summed E-state index contributed by atoms with van der Waals surface area (Å²) in [5, 5.41) is 0. The summed E-state index contributed by atoms with van der Waals surface area (Å²) in [6, 6.07) is 2.98. The molecule has 1 aromatic rings. The summed E-state index contributed by atoms with van der Waals surface area (Å²) in [5.74, 6) is -0.471. The van der Waals surface area contributed by atoms with Gasteiger partial charge in [0.05, 0.1) is 5.56 Å². The highest BCUT2D eigenvalue weighted by molar-refractivity contribution is 9.10. The monoisotopic (exact) mass is 324 g/mol. The molecular formula is C12H12BrF3O2. The highest BCUT2D eigenvalue weighted by atomic mass is 79.9. The van der Waals surface area contributed by atoms with Crippen molar-refractivity contribution in [3.63, 3.8) is 0 Å². The Kier molecular flexibility index (Phi) is 5.34. The van der Waals surface area contributed by atoms with Crippen LogP contribution in [0.3, 0.4) is 0 Å². The molecule has 0 aliphatic carbocycles. The molecule has 100 valence electrons. The fourth-order valence-electron chi connectivity index (χ4n) is 1.30. The lowest BCUT2D eigenvalue weighted by molar-refractivity contribution is -0.137. The standard InChI is InChI=1S/C12H12BrF3O2/c1-2-5-18-7-11(17)9-6-8(12(14,15)16)3-4-10(9)13/h3-4,6H,2,5,7H2,1H3. The first-order chi connectivity index (χ1) is 8.36. The number of rotatable bonds is 5. The SMILES string of the molecule is CCCOCC(=O)c1cc(C(F)(F)F)ccc1Br. The molecule has 1 rings (SSSR count). The number of carbonyl (C=O) groups is 1. The Morgan fingerprint density at radius 2 is 2.06 bits per heavy atom. The van der Waals surface area contributed by atoms with E-state index in [0.717, 1.165) is 18.6 Å². The molecule has 2 nitrogen and oxygen atoms in total. The molecule has 0 aliphatic heterocycles. The Labute approximate surface area is 111 Å². The molecule has 0 atom stereocenters. The van der Waals surface area contributed by atoms with E-state index in [1.165, 1.54) is 6.07 Å². The van der Waals surface area contributed by atoms with Crippen molar-refractivity contribution in [3.05, 3.63) is 33.8 Å². The van der Waals surface area contributed by atoms with E-state index in [1.807, 2.05) is 6.92 Å². The number of Topliss-reactive ketones (excluding diaryl/α,β-unsaturated/α-hetero) is 1. The van der Waals surface area contributed by atoms with Gasteiger partial charge in [-0.1, -0.05) is 22.9 Å². The maximum Gasteiger partial charge on any atom is 0.416 e. The van der Waals surface area contributed by atoms with Crippen molar-refractivity contribution in [1.82, 2.24) is 0 Å². The molecular weight excluding hydrogens is 313 g/mol. The first-order valence-corrected chi connectivity index (χ1v) is 6.13. The summed E-state index contributed by atoms with van der Waals surface area (Å²) < 4.78 is 42.9. The van der Waals surface area contributed by atoms with Gasteiger partial charge < -0.3 is 4.74 Å². The van der Waals surface area contributed by atoms with E-state index in [9.17, 15) is 18.0 Å². The topological polar surface area (TPSA) is 26.3 Å². The van der Waals surface area contributed by atoms with Crippen LogP contribution in [0.15, 0.2) is 22.7 Å². The third-order valence-electron chi connectivity index (χ3n) is 2.18. The maximum atomic E-state index is 12.5. The van der Waals surface area contributed by atoms with Gasteiger partial charge in [0.2, 0.25) is 0 Å². The molecule has 0 saturated heterocycles. The van der Waals surface area contributed by atoms with Crippen LogP contribution in [0.2, 0.25) is 0 Å². The third kappa shape index (κ3) is 4.10. The van der Waals surface area contributed by atoms with E-state index in [0.29, 0.717) is 11.1 Å². The lowest BCUT2D eigenvalue weighted by Gasteiger charge is -2.10. The van der Waals surface area contributed by atoms with Gasteiger partial charge in [0.25, 0.3) is 0 Å². The van der Waals surface area contributed by atoms with Gasteiger partial charge >= 0.3 is 6.18 Å². The molecule has 0 unspecified atom stereocenters. The second-order valence-corrected chi connectivity index (χ2v) is 4.52. The highest BCUT2D eigenvalue weighted by Gasteiger charge is 2.31. The summed E-state index contributed by atoms with van der Waals surface area (Å²) in [5.41, 5.74) is -0.856. The van der Waals surface area contributed by atoms with Gasteiger partial charge in [-0.3, -0.25) is 4.79 Å². The van der Waals surface area contributed by atoms with Gasteiger partial charge in [0, 0.05) is 16.6 Å². The molecule has 6 heteroatoms. The molecule has 0 amide bonds. The molecule has 0 fully saturated rings. The van der Waals surface area contributed by atoms with E-state index < -0.39 is 17.5 Å². The van der Waals surface area contributed by atoms with Gasteiger partial charge in [-0.05, 0) is 24.6 Å². The number of hydrogen-bond donors (Lipinski definition) is 0. The predicted molar refractivity (Wildman–Crippen MR) is 64.6 cm³/mol. The lowest BCUT2D eigenvalue weighted by Crippen LogP contribution is -2.13. The number of ether oxygens (including phenoxy) is 1. The molecule has 0 aliphatic rings. The first-order valence-electron chi connectivity index (χ1n) is 5.34. The lowest BCUT2D eigenvalue weighted by atomic mass is 10.1. The maximum absolute atomic E-state index is 12.5. The summed E-state index contributed by atoms with van der Waals surface area (Å²) in [6.45, 7) is 2.07. The normalized spacial score (nSPS) is 11.6. The van der Waals surface area contributed by atoms with Crippen LogP contribution in [0.1, 0.15) is 29.3 Å². The van der Waals surface area contributed by atoms with E-state index in [1.54, 1.807) is 0 Å². The van der Waals surface area contributed by atoms with Crippen LogP contribution >= 0.6 is 15.9 Å². The molecule has 0 heterocycles. The predicted octanol–water partition coefficient (Wildman–Crippen LogP) is 4.08. The van der Waals surface area contributed by atoms with Gasteiger partial charge in [-0.15, -0.1) is 0 Å². The quantitative estimate of drug-likeness (QED) is 0.602. The summed E-state index contributed by atoms with van der Waals surface area (Å²) >= 11 is 3.06. The van der Waals surface area contributed by atoms with Crippen LogP contribution in [-0.4, -0.2) is 19.0 Å². The minimum atomic E-state index is -4.46. The number of carbonyl (C=O) groups excluding carboxylic acids is 1. The molecule has 0 bridgehead atoms. The number of alkyl halides is 3. The van der Waals surface area contributed by atoms with Crippen molar-refractivity contribution in [2.45, 2.75) is 19.5 Å². The van der Waals surface area contributed by atoms with Crippen molar-refractivity contribution in [1.29, 1.82) is 0 Å². The molecule has 0 aromatic heterocycles. The summed E-state index contributed by atoms with van der Waals surface area (Å²) in [7, 11) is 0. The van der Waals surface area contributed by atoms with E-state index in [4.69, 9.17) is 4.74 Å². The van der Waals surface area contributed by atoms with Gasteiger partial charge in [-0.2, -0.15) is 13.2 Å². The Balaban J connectivity index is 2.90. The minimum Gasteiger partial charge on any atom is -0.373 e. The van der Waals surface area contributed by atoms with Crippen LogP contribution in [-0.2, 0) is 10.9 Å². The largest absolute Gasteiger partial charge is 0.416 e. The van der Waals surface area contributed by atoms with Gasteiger partial charge in [0.1, 0.15) is 6.61 Å². The third-order valence-corrected chi connectivity index (χ3v) is 2.87. The average molecular weight is 325 g/mol. The number of ketones is 1. The Hall–Kier alpha value is -0.880. The average Bonchev–Trinajstić information content (AvgIpc) is 2.28. The number of halogens is 4. The fourth-order valence-corrected chi connectivity index (χ4v) is 1.77. The van der Waals surface area contributed by atoms with E-state index >= 15 is 0 Å². The Bertz CT molecular complexity index is 430. The minimum absolute atomic E-state index is 0.0130. The molecule has 0 spiro atoms. The van der Waals surface area contributed by atoms with Crippen LogP contribution in [0.25, 0.3) is 0 Å². The Morgan fingerprint density at radius 1 is 1.39 bits per heavy atom. The Morgan fingerprint density at radius 3 is 2.61 bits per heavy atom. The van der Waals surface area contributed by atoms with Gasteiger partial charge in [-0.25, -0.2) is 0 Å². The zero-order chi connectivity index (χ0) is 13.8. The molecule has 0 radical (unpaired) electrons. The number of hydrogen-bond acceptors (Lipinski definition) is 2. The van der Waals surface area contributed by atoms with Gasteiger partial charge in [0.15, 0.2) is 5.78 Å². The zero-order valence-electron chi connectivity index (χ0n) is 9.68. The van der Waals surface area contributed by atoms with E-state index in [2.05, 4.69) is 15.9 Å². The van der Waals surface area contributed by atoms with E-state index in [-0.39, 0.29) is 12.2 Å². The second kappa shape index (κ2) is 6.33. The van der Waals surface area contributed by atoms with Crippen LogP contribution in [0, 0.1) is 0 Å². The molecule has 1 aromatic carbocycles. The number of benzene rings is 1. The fraction of sp³-hybridized carbons (Fsp3) is 0.417. The van der Waals surface area contributed by atoms with Crippen molar-refractivity contribution >= 4 is 21.7 Å². The first kappa shape index (κ1) is 15.2. The molecule has 0 N–H and O–H groups in total. The zero-order valence-corrected chi connectivity index (χ0v) is 11.3. The molecule has 18 heavy (non-hydrogen) atoms. The van der Waals surface area contributed by atoms with Crippen molar-refractivity contribution in [2.24, 2.45) is 0 Å².